The third kappa shape index (κ3) is 8.62. The van der Waals surface area contributed by atoms with Gasteiger partial charge in [0.2, 0.25) is 5.91 Å². The van der Waals surface area contributed by atoms with Gasteiger partial charge in [0.1, 0.15) is 6.61 Å². The molecule has 0 aliphatic rings. The molecule has 0 rings (SSSR count). The Labute approximate surface area is 92.6 Å². The van der Waals surface area contributed by atoms with Crippen LogP contribution in [0.25, 0.3) is 0 Å². The number of thioether (sulfide) groups is 1. The van der Waals surface area contributed by atoms with E-state index in [-0.39, 0.29) is 5.75 Å². The Hall–Kier alpha value is -0.360. The van der Waals surface area contributed by atoms with E-state index in [2.05, 4.69) is 5.32 Å². The number of alkyl halides is 2. The molecule has 0 fully saturated rings. The van der Waals surface area contributed by atoms with Crippen LogP contribution in [0.1, 0.15) is 19.8 Å². The summed E-state index contributed by atoms with van der Waals surface area (Å²) >= 11 is 1.42. The maximum atomic E-state index is 12.5. The van der Waals surface area contributed by atoms with Gasteiger partial charge < -0.3 is 10.4 Å². The third-order valence-corrected chi connectivity index (χ3v) is 2.69. The van der Waals surface area contributed by atoms with Gasteiger partial charge in [0.05, 0.1) is 12.3 Å². The molecule has 0 aliphatic heterocycles. The van der Waals surface area contributed by atoms with Crippen molar-refractivity contribution in [1.82, 2.24) is 5.32 Å². The van der Waals surface area contributed by atoms with Crippen molar-refractivity contribution < 1.29 is 18.7 Å². The zero-order valence-corrected chi connectivity index (χ0v) is 9.58. The first-order chi connectivity index (χ1) is 7.02. The molecule has 1 amide bonds. The Balaban J connectivity index is 3.49. The predicted molar refractivity (Wildman–Crippen MR) is 57.3 cm³/mol. The summed E-state index contributed by atoms with van der Waals surface area (Å²) in [5.41, 5.74) is 0. The van der Waals surface area contributed by atoms with Crippen molar-refractivity contribution in [2.75, 3.05) is 24.7 Å². The highest BCUT2D eigenvalue weighted by molar-refractivity contribution is 7.99. The number of carbonyl (C=O) groups is 1. The molecule has 6 heteroatoms. The molecule has 0 radical (unpaired) electrons. The second kappa shape index (κ2) is 7.87. The Morgan fingerprint density at radius 1 is 1.53 bits per heavy atom. The molecule has 0 aromatic carbocycles. The summed E-state index contributed by atoms with van der Waals surface area (Å²) in [6.45, 7) is 0.00929. The van der Waals surface area contributed by atoms with Crippen molar-refractivity contribution in [2.24, 2.45) is 0 Å². The Morgan fingerprint density at radius 2 is 2.20 bits per heavy atom. The number of hydrogen-bond donors (Lipinski definition) is 2. The van der Waals surface area contributed by atoms with Gasteiger partial charge in [-0.15, -0.1) is 0 Å². The van der Waals surface area contributed by atoms with Crippen molar-refractivity contribution in [3.8, 4) is 0 Å². The molecule has 2 N–H and O–H groups in total. The summed E-state index contributed by atoms with van der Waals surface area (Å²) in [4.78, 5) is 11.0. The first kappa shape index (κ1) is 14.6. The normalized spacial score (nSPS) is 11.5. The first-order valence-electron chi connectivity index (χ1n) is 4.85. The molecule has 0 spiro atoms. The fourth-order valence-corrected chi connectivity index (χ4v) is 1.67. The number of nitrogens with one attached hydrogen (secondary N) is 1. The zero-order valence-electron chi connectivity index (χ0n) is 8.76. The summed E-state index contributed by atoms with van der Waals surface area (Å²) in [5.74, 6) is -2.57. The van der Waals surface area contributed by atoms with Crippen LogP contribution in [0.5, 0.6) is 0 Å². The lowest BCUT2D eigenvalue weighted by molar-refractivity contribution is -0.121. The van der Waals surface area contributed by atoms with E-state index in [1.54, 1.807) is 0 Å². The van der Waals surface area contributed by atoms with Crippen LogP contribution in [0.2, 0.25) is 0 Å². The molecular formula is C9H17F2NO2S. The Bertz CT molecular complexity index is 191. The smallest absolute Gasteiger partial charge is 0.287 e. The van der Waals surface area contributed by atoms with Crippen LogP contribution in [-0.2, 0) is 4.79 Å². The van der Waals surface area contributed by atoms with Gasteiger partial charge in [0, 0.05) is 0 Å². The van der Waals surface area contributed by atoms with Crippen LogP contribution in [-0.4, -0.2) is 41.6 Å². The van der Waals surface area contributed by atoms with E-state index < -0.39 is 25.0 Å². The molecular weight excluding hydrogens is 224 g/mol. The molecule has 0 unspecified atom stereocenters. The van der Waals surface area contributed by atoms with Gasteiger partial charge >= 0.3 is 0 Å². The maximum Gasteiger partial charge on any atom is 0.287 e. The number of hydrogen-bond acceptors (Lipinski definition) is 3. The highest BCUT2D eigenvalue weighted by Crippen LogP contribution is 2.10. The standard InChI is InChI=1S/C9H17F2NO2S/c1-2-3-4-15-5-8(14)12-6-9(10,11)7-13/h13H,2-7H2,1H3,(H,12,14). The summed E-state index contributed by atoms with van der Waals surface area (Å²) in [6.07, 6.45) is 2.07. The van der Waals surface area contributed by atoms with Crippen molar-refractivity contribution in [3.05, 3.63) is 0 Å². The molecule has 0 saturated heterocycles. The van der Waals surface area contributed by atoms with Crippen molar-refractivity contribution in [3.63, 3.8) is 0 Å². The monoisotopic (exact) mass is 241 g/mol. The minimum absolute atomic E-state index is 0.196. The van der Waals surface area contributed by atoms with Crippen LogP contribution in [0, 0.1) is 0 Å². The second-order valence-electron chi connectivity index (χ2n) is 3.20. The third-order valence-electron chi connectivity index (χ3n) is 1.65. The number of aliphatic hydroxyl groups excluding tert-OH is 1. The Kier molecular flexibility index (Phi) is 7.68. The highest BCUT2D eigenvalue weighted by Gasteiger charge is 2.27. The van der Waals surface area contributed by atoms with Gasteiger partial charge in [-0.1, -0.05) is 13.3 Å². The van der Waals surface area contributed by atoms with Crippen LogP contribution in [0.3, 0.4) is 0 Å². The topological polar surface area (TPSA) is 49.3 Å². The lowest BCUT2D eigenvalue weighted by atomic mass is 10.3. The van der Waals surface area contributed by atoms with Gasteiger partial charge in [-0.2, -0.15) is 11.8 Å². The van der Waals surface area contributed by atoms with Crippen molar-refractivity contribution in [1.29, 1.82) is 0 Å². The summed E-state index contributed by atoms with van der Waals surface area (Å²) in [5, 5.41) is 10.3. The number of unbranched alkanes of at least 4 members (excludes halogenated alkanes) is 1. The lowest BCUT2D eigenvalue weighted by Crippen LogP contribution is -2.39. The average molecular weight is 241 g/mol. The molecule has 0 saturated carbocycles. The largest absolute Gasteiger partial charge is 0.390 e. The van der Waals surface area contributed by atoms with E-state index in [4.69, 9.17) is 5.11 Å². The molecule has 0 aliphatic carbocycles. The fourth-order valence-electron chi connectivity index (χ4n) is 0.746. The summed E-state index contributed by atoms with van der Waals surface area (Å²) < 4.78 is 25.0. The molecule has 0 bridgehead atoms. The fraction of sp³-hybridized carbons (Fsp3) is 0.889. The van der Waals surface area contributed by atoms with Crippen LogP contribution in [0.4, 0.5) is 8.78 Å². The summed E-state index contributed by atoms with van der Waals surface area (Å²) in [7, 11) is 0. The number of halogens is 2. The summed E-state index contributed by atoms with van der Waals surface area (Å²) in [6, 6.07) is 0. The number of carbonyl (C=O) groups excluding carboxylic acids is 1. The van der Waals surface area contributed by atoms with Crippen LogP contribution < -0.4 is 5.32 Å². The van der Waals surface area contributed by atoms with Gasteiger partial charge in [0.25, 0.3) is 5.92 Å². The predicted octanol–water partition coefficient (Wildman–Crippen LogP) is 1.26. The van der Waals surface area contributed by atoms with Crippen LogP contribution >= 0.6 is 11.8 Å². The maximum absolute atomic E-state index is 12.5. The molecule has 15 heavy (non-hydrogen) atoms. The van der Waals surface area contributed by atoms with E-state index in [1.807, 2.05) is 6.92 Å². The second-order valence-corrected chi connectivity index (χ2v) is 4.30. The minimum Gasteiger partial charge on any atom is -0.390 e. The Morgan fingerprint density at radius 3 is 2.73 bits per heavy atom. The van der Waals surface area contributed by atoms with Crippen molar-refractivity contribution in [2.45, 2.75) is 25.7 Å². The molecule has 90 valence electrons. The van der Waals surface area contributed by atoms with E-state index in [9.17, 15) is 13.6 Å². The molecule has 0 heterocycles. The number of amides is 1. The SMILES string of the molecule is CCCCSCC(=O)NCC(F)(F)CO. The quantitative estimate of drug-likeness (QED) is 0.629. The molecule has 0 atom stereocenters. The number of rotatable bonds is 8. The highest BCUT2D eigenvalue weighted by atomic mass is 32.2. The van der Waals surface area contributed by atoms with Gasteiger partial charge in [-0.25, -0.2) is 8.78 Å². The van der Waals surface area contributed by atoms with Gasteiger partial charge in [0.15, 0.2) is 0 Å². The van der Waals surface area contributed by atoms with E-state index in [1.165, 1.54) is 11.8 Å². The molecule has 3 nitrogen and oxygen atoms in total. The average Bonchev–Trinajstić information content (AvgIpc) is 2.22. The lowest BCUT2D eigenvalue weighted by Gasteiger charge is -2.13. The van der Waals surface area contributed by atoms with Gasteiger partial charge in [-0.3, -0.25) is 4.79 Å². The van der Waals surface area contributed by atoms with E-state index in [0.29, 0.717) is 0 Å². The number of aliphatic hydroxyl groups is 1. The van der Waals surface area contributed by atoms with E-state index in [0.717, 1.165) is 18.6 Å². The van der Waals surface area contributed by atoms with Gasteiger partial charge in [-0.05, 0) is 12.2 Å². The molecule has 0 aromatic rings. The molecule has 0 aromatic heterocycles. The van der Waals surface area contributed by atoms with Crippen molar-refractivity contribution >= 4 is 17.7 Å². The minimum atomic E-state index is -3.22. The zero-order chi connectivity index (χ0) is 11.7. The van der Waals surface area contributed by atoms with Crippen LogP contribution in [0.15, 0.2) is 0 Å². The first-order valence-corrected chi connectivity index (χ1v) is 6.00. The van der Waals surface area contributed by atoms with E-state index >= 15 is 0 Å².